The molecule has 4 aromatic rings. The Kier molecular flexibility index (Phi) is 17.6. The van der Waals surface area contributed by atoms with E-state index in [9.17, 15) is 54.3 Å². The Labute approximate surface area is 465 Å². The Morgan fingerprint density at radius 3 is 1.35 bits per heavy atom. The van der Waals surface area contributed by atoms with E-state index in [1.54, 1.807) is 48.5 Å². The fraction of sp³-hybridized carbons (Fsp3) is 0.353. The van der Waals surface area contributed by atoms with Crippen LogP contribution >= 0.6 is 58.0 Å². The van der Waals surface area contributed by atoms with Gasteiger partial charge in [0.05, 0.1) is 37.9 Å². The van der Waals surface area contributed by atoms with Crippen molar-refractivity contribution in [2.75, 3.05) is 0 Å². The summed E-state index contributed by atoms with van der Waals surface area (Å²) in [6.45, 7) is 16.3. The highest BCUT2D eigenvalue weighted by Crippen LogP contribution is 2.52. The van der Waals surface area contributed by atoms with E-state index in [0.29, 0.717) is 16.0 Å². The Morgan fingerprint density at radius 2 is 1.01 bits per heavy atom. The van der Waals surface area contributed by atoms with Gasteiger partial charge in [-0.2, -0.15) is 26.3 Å². The summed E-state index contributed by atoms with van der Waals surface area (Å²) >= 11 is 28.9. The maximum atomic E-state index is 14.4. The molecule has 3 aliphatic heterocycles. The summed E-state index contributed by atoms with van der Waals surface area (Å²) in [7, 11) is 0. The highest BCUT2D eigenvalue weighted by atomic mass is 35.5. The lowest BCUT2D eigenvalue weighted by Crippen LogP contribution is -2.47. The minimum Gasteiger partial charge on any atom is -0.443 e. The number of nitrogens with zero attached hydrogens (tertiary/aromatic N) is 5. The van der Waals surface area contributed by atoms with Gasteiger partial charge in [0.2, 0.25) is 6.23 Å². The van der Waals surface area contributed by atoms with E-state index in [2.05, 4.69) is 22.0 Å². The lowest BCUT2D eigenvalue weighted by atomic mass is 9.86. The molecule has 0 aromatic heterocycles. The fourth-order valence-electron chi connectivity index (χ4n) is 7.79. The van der Waals surface area contributed by atoms with E-state index in [1.165, 1.54) is 43.3 Å². The van der Waals surface area contributed by atoms with Gasteiger partial charge in [-0.15, -0.1) is 0 Å². The van der Waals surface area contributed by atoms with Crippen molar-refractivity contribution in [2.24, 2.45) is 15.5 Å². The molecule has 0 bridgehead atoms. The van der Waals surface area contributed by atoms with Gasteiger partial charge in [0, 0.05) is 41.3 Å². The van der Waals surface area contributed by atoms with E-state index in [0.717, 1.165) is 35.4 Å². The number of imide groups is 2. The summed E-state index contributed by atoms with van der Waals surface area (Å²) in [6.07, 6.45) is -13.7. The first-order chi connectivity index (χ1) is 35.9. The Hall–Kier alpha value is -6.20. The third-order valence-electron chi connectivity index (χ3n) is 11.6. The molecule has 0 spiro atoms. The maximum Gasteiger partial charge on any atom is 0.435 e. The molecule has 3 atom stereocenters. The standard InChI is InChI=1S/C26H22Cl3F4N3O5.C25H22Cl2F4N2O4/c1-12-7-13(18-11-25(41-34-18,26(31,32)33)14-8-16(27)21(30)17(28)9-14)5-6-15(12)22(37)36(20-10-19(29)35-40-20)23(38)39-24(2,3)4;1-6-33(22(35)36-23(3,4)5)21(34)16-8-7-14(9-13(16)2)19-12-24(37-32-19,25(29,30)31)15-10-17(26)20(28)18(27)11-15/h5-9,20H,10-11H2,1-4H3;6-11H,1,12H2,2-5H3/t20?,25-;24-/m00/s1. The number of aryl methyl sites for hydroxylation is 2. The van der Waals surface area contributed by atoms with Crippen LogP contribution in [0, 0.1) is 25.5 Å². The van der Waals surface area contributed by atoms with Gasteiger partial charge in [-0.05, 0) is 126 Å². The van der Waals surface area contributed by atoms with Crippen LogP contribution in [0.3, 0.4) is 0 Å². The quantitative estimate of drug-likeness (QED) is 0.124. The molecule has 0 saturated carbocycles. The molecule has 0 radical (unpaired) electrons. The van der Waals surface area contributed by atoms with E-state index in [-0.39, 0.29) is 45.3 Å². The number of benzene rings is 4. The average Bonchev–Trinajstić information content (AvgIpc) is 4.15. The molecule has 14 nitrogen and oxygen atoms in total. The van der Waals surface area contributed by atoms with Gasteiger partial charge in [0.15, 0.2) is 16.8 Å². The van der Waals surface area contributed by atoms with Gasteiger partial charge in [-0.3, -0.25) is 9.59 Å². The van der Waals surface area contributed by atoms with Crippen molar-refractivity contribution in [3.8, 4) is 0 Å². The summed E-state index contributed by atoms with van der Waals surface area (Å²) in [4.78, 5) is 68.3. The normalized spacial score (nSPS) is 19.2. The van der Waals surface area contributed by atoms with Crippen molar-refractivity contribution in [1.29, 1.82) is 0 Å². The van der Waals surface area contributed by atoms with Crippen LogP contribution in [0.15, 0.2) is 88.9 Å². The smallest absolute Gasteiger partial charge is 0.435 e. The molecule has 0 saturated heterocycles. The van der Waals surface area contributed by atoms with E-state index in [4.69, 9.17) is 82.0 Å². The van der Waals surface area contributed by atoms with Crippen LogP contribution < -0.4 is 0 Å². The lowest BCUT2D eigenvalue weighted by molar-refractivity contribution is -0.276. The Bertz CT molecular complexity index is 3150. The summed E-state index contributed by atoms with van der Waals surface area (Å²) in [5, 5.41) is 8.52. The van der Waals surface area contributed by atoms with Gasteiger partial charge >= 0.3 is 24.5 Å². The second-order valence-electron chi connectivity index (χ2n) is 19.6. The minimum absolute atomic E-state index is 0.0323. The molecule has 4 aromatic carbocycles. The van der Waals surface area contributed by atoms with Crippen LogP contribution in [0.25, 0.3) is 0 Å². The monoisotopic (exact) mass is 1200 g/mol. The molecule has 1 unspecified atom stereocenters. The highest BCUT2D eigenvalue weighted by molar-refractivity contribution is 6.65. The highest BCUT2D eigenvalue weighted by Gasteiger charge is 2.64. The fourth-order valence-corrected chi connectivity index (χ4v) is 8.94. The number of oxime groups is 3. The van der Waals surface area contributed by atoms with E-state index in [1.807, 2.05) is 0 Å². The zero-order chi connectivity index (χ0) is 58.4. The number of rotatable bonds is 8. The van der Waals surface area contributed by atoms with Crippen molar-refractivity contribution in [1.82, 2.24) is 9.80 Å². The molecule has 27 heteroatoms. The van der Waals surface area contributed by atoms with Crippen LogP contribution in [0.4, 0.5) is 44.7 Å². The van der Waals surface area contributed by atoms with E-state index < -0.39 is 121 Å². The van der Waals surface area contributed by atoms with Crippen LogP contribution in [-0.2, 0) is 35.2 Å². The molecule has 7 rings (SSSR count). The van der Waals surface area contributed by atoms with Crippen molar-refractivity contribution in [3.63, 3.8) is 0 Å². The van der Waals surface area contributed by atoms with Gasteiger partial charge in [0.1, 0.15) is 11.2 Å². The molecular weight excluding hydrogens is 1160 g/mol. The van der Waals surface area contributed by atoms with Crippen molar-refractivity contribution >= 4 is 98.6 Å². The molecule has 78 heavy (non-hydrogen) atoms. The number of carbonyl (C=O) groups excluding carboxylic acids is 4. The number of halogens is 13. The van der Waals surface area contributed by atoms with Crippen LogP contribution in [-0.4, -0.2) is 80.2 Å². The van der Waals surface area contributed by atoms with Crippen LogP contribution in [0.5, 0.6) is 0 Å². The van der Waals surface area contributed by atoms with Gasteiger partial charge < -0.3 is 24.0 Å². The van der Waals surface area contributed by atoms with Gasteiger partial charge in [0.25, 0.3) is 23.0 Å². The first-order valence-corrected chi connectivity index (χ1v) is 24.6. The van der Waals surface area contributed by atoms with Gasteiger partial charge in [-0.25, -0.2) is 28.2 Å². The third kappa shape index (κ3) is 12.8. The summed E-state index contributed by atoms with van der Waals surface area (Å²) in [5.74, 6) is -3.67. The van der Waals surface area contributed by atoms with Crippen LogP contribution in [0.1, 0.15) is 115 Å². The summed E-state index contributed by atoms with van der Waals surface area (Å²) < 4.78 is 124. The second kappa shape index (κ2) is 22.5. The molecule has 0 aliphatic carbocycles. The molecule has 0 fully saturated rings. The van der Waals surface area contributed by atoms with E-state index >= 15 is 0 Å². The number of amides is 4. The number of alkyl halides is 6. The topological polar surface area (TPSA) is 158 Å². The SMILES string of the molecule is C=CN(C(=O)OC(C)(C)C)C(=O)c1ccc(C2=NO[C@@](c3cc(Cl)c(F)c(Cl)c3)(C(F)(F)F)C2)cc1C.Cc1cc(C2=NO[C@@](c3cc(Cl)c(F)c(Cl)c3)(C(F)(F)F)C2)ccc1C(=O)N(C(=O)OC(C)(C)C)C1CC(Cl)=NO1. The largest absolute Gasteiger partial charge is 0.443 e. The predicted octanol–water partition coefficient (Wildman–Crippen LogP) is 15.2. The average molecular weight is 1200 g/mol. The molecule has 3 heterocycles. The number of ether oxygens (including phenoxy) is 2. The predicted molar refractivity (Wildman–Crippen MR) is 273 cm³/mol. The molecule has 418 valence electrons. The maximum absolute atomic E-state index is 14.4. The van der Waals surface area contributed by atoms with Crippen molar-refractivity contribution in [2.45, 2.75) is 116 Å². The van der Waals surface area contributed by atoms with Crippen LogP contribution in [0.2, 0.25) is 20.1 Å². The minimum atomic E-state index is -4.99. The number of carbonyl (C=O) groups is 4. The third-order valence-corrected chi connectivity index (χ3v) is 12.9. The Balaban J connectivity index is 0.000000254. The zero-order valence-electron chi connectivity index (χ0n) is 42.1. The van der Waals surface area contributed by atoms with Gasteiger partial charge in [-0.1, -0.05) is 92.2 Å². The van der Waals surface area contributed by atoms with Crippen molar-refractivity contribution in [3.05, 3.63) is 150 Å². The first kappa shape index (κ1) is 61.0. The van der Waals surface area contributed by atoms with Crippen molar-refractivity contribution < 1.29 is 78.3 Å². The molecule has 4 amide bonds. The molecule has 0 N–H and O–H groups in total. The molecule has 3 aliphatic rings. The molecular formula is C51H44Cl5F8N5O9. The second-order valence-corrected chi connectivity index (χ2v) is 21.6. The zero-order valence-corrected chi connectivity index (χ0v) is 45.9. The summed E-state index contributed by atoms with van der Waals surface area (Å²) in [5.41, 5.74) is -7.77. The number of hydrogen-bond donors (Lipinski definition) is 0. The Morgan fingerprint density at radius 1 is 0.628 bits per heavy atom. The lowest BCUT2D eigenvalue weighted by Gasteiger charge is -2.30. The number of hydrogen-bond acceptors (Lipinski definition) is 12. The summed E-state index contributed by atoms with van der Waals surface area (Å²) in [6, 6.07) is 11.4. The first-order valence-electron chi connectivity index (χ1n) is 22.7.